The molecule has 0 fully saturated rings. The number of aryl methyl sites for hydroxylation is 1. The van der Waals surface area contributed by atoms with Gasteiger partial charge in [0.15, 0.2) is 23.0 Å². The van der Waals surface area contributed by atoms with Crippen molar-refractivity contribution in [1.82, 2.24) is 5.01 Å². The Morgan fingerprint density at radius 1 is 0.824 bits per heavy atom. The van der Waals surface area contributed by atoms with Crippen LogP contribution in [0.3, 0.4) is 0 Å². The summed E-state index contributed by atoms with van der Waals surface area (Å²) in [6.45, 7) is 0.710. The van der Waals surface area contributed by atoms with Crippen LogP contribution >= 0.6 is 0 Å². The summed E-state index contributed by atoms with van der Waals surface area (Å²) >= 11 is 0. The van der Waals surface area contributed by atoms with Crippen LogP contribution in [0.5, 0.6) is 23.0 Å². The van der Waals surface area contributed by atoms with Gasteiger partial charge in [0.05, 0.1) is 20.8 Å². The molecule has 0 atom stereocenters. The van der Waals surface area contributed by atoms with Crippen molar-refractivity contribution in [3.63, 3.8) is 0 Å². The van der Waals surface area contributed by atoms with E-state index >= 15 is 0 Å². The molecule has 6 heteroatoms. The van der Waals surface area contributed by atoms with E-state index in [1.807, 2.05) is 42.5 Å². The minimum atomic E-state index is 0.141. The second-order valence-electron chi connectivity index (χ2n) is 8.30. The number of rotatable bonds is 9. The van der Waals surface area contributed by atoms with Gasteiger partial charge in [0.1, 0.15) is 0 Å². The van der Waals surface area contributed by atoms with Crippen LogP contribution in [0.4, 0.5) is 0 Å². The molecule has 1 aliphatic rings. The van der Waals surface area contributed by atoms with Gasteiger partial charge in [-0.15, -0.1) is 0 Å². The van der Waals surface area contributed by atoms with Crippen LogP contribution in [-0.4, -0.2) is 35.2 Å². The van der Waals surface area contributed by atoms with E-state index in [1.54, 1.807) is 26.4 Å². The van der Waals surface area contributed by atoms with Gasteiger partial charge in [-0.2, -0.15) is 5.10 Å². The number of ether oxygens (including phenoxy) is 2. The molecule has 1 heterocycles. The van der Waals surface area contributed by atoms with E-state index in [2.05, 4.69) is 23.2 Å². The molecule has 34 heavy (non-hydrogen) atoms. The molecule has 0 aliphatic carbocycles. The van der Waals surface area contributed by atoms with E-state index in [4.69, 9.17) is 14.6 Å². The fraction of sp³-hybridized carbons (Fsp3) is 0.250. The number of phenols is 2. The summed E-state index contributed by atoms with van der Waals surface area (Å²) < 4.78 is 10.5. The minimum Gasteiger partial charge on any atom is -0.504 e. The monoisotopic (exact) mass is 458 g/mol. The first-order valence-corrected chi connectivity index (χ1v) is 11.3. The number of benzene rings is 3. The standard InChI is InChI=1S/C28H30N2O4/c1-33-27-16-20(10-14-25(27)31)8-12-23-18-24(30(29-23)19-22-6-4-3-5-7-22)13-9-21-11-15-26(32)28(17-21)34-2/h3-7,10-11,13-17,31-32H,8-9,12,18-19H2,1-2H3. The second kappa shape index (κ2) is 10.8. The molecule has 0 unspecified atom stereocenters. The topological polar surface area (TPSA) is 74.5 Å². The summed E-state index contributed by atoms with van der Waals surface area (Å²) in [5.41, 5.74) is 5.65. The molecule has 1 aliphatic heterocycles. The van der Waals surface area contributed by atoms with Crippen LogP contribution in [0.15, 0.2) is 83.6 Å². The molecule has 0 saturated heterocycles. The van der Waals surface area contributed by atoms with E-state index in [0.29, 0.717) is 18.0 Å². The lowest BCUT2D eigenvalue weighted by Gasteiger charge is -2.17. The summed E-state index contributed by atoms with van der Waals surface area (Å²) in [6.07, 6.45) is 5.35. The van der Waals surface area contributed by atoms with Gasteiger partial charge in [-0.1, -0.05) is 48.5 Å². The van der Waals surface area contributed by atoms with Crippen LogP contribution in [0.1, 0.15) is 29.5 Å². The number of methoxy groups -OCH3 is 2. The third kappa shape index (κ3) is 5.70. The Balaban J connectivity index is 1.49. The summed E-state index contributed by atoms with van der Waals surface area (Å²) in [4.78, 5) is 0. The highest BCUT2D eigenvalue weighted by Gasteiger charge is 2.20. The summed E-state index contributed by atoms with van der Waals surface area (Å²) in [5, 5.41) is 26.7. The molecular weight excluding hydrogens is 428 g/mol. The molecule has 6 nitrogen and oxygen atoms in total. The van der Waals surface area contributed by atoms with E-state index in [-0.39, 0.29) is 11.5 Å². The number of hydrogen-bond acceptors (Lipinski definition) is 6. The molecule has 0 saturated carbocycles. The molecule has 0 bridgehead atoms. The first-order valence-electron chi connectivity index (χ1n) is 11.3. The number of hydrazone groups is 1. The van der Waals surface area contributed by atoms with Crippen LogP contribution in [0, 0.1) is 0 Å². The molecule has 2 N–H and O–H groups in total. The minimum absolute atomic E-state index is 0.141. The van der Waals surface area contributed by atoms with Crippen molar-refractivity contribution >= 4 is 5.71 Å². The molecule has 4 rings (SSSR count). The van der Waals surface area contributed by atoms with Crippen molar-refractivity contribution in [1.29, 1.82) is 0 Å². The Morgan fingerprint density at radius 3 is 2.15 bits per heavy atom. The zero-order chi connectivity index (χ0) is 23.9. The fourth-order valence-electron chi connectivity index (χ4n) is 4.03. The number of allylic oxidation sites excluding steroid dienone is 2. The normalized spacial score (nSPS) is 14.4. The van der Waals surface area contributed by atoms with Gasteiger partial charge in [-0.25, -0.2) is 0 Å². The molecule has 0 radical (unpaired) electrons. The van der Waals surface area contributed by atoms with E-state index in [9.17, 15) is 10.2 Å². The van der Waals surface area contributed by atoms with Crippen molar-refractivity contribution in [2.24, 2.45) is 5.10 Å². The lowest BCUT2D eigenvalue weighted by atomic mass is 10.0. The predicted molar refractivity (Wildman–Crippen MR) is 133 cm³/mol. The first-order chi connectivity index (χ1) is 16.6. The van der Waals surface area contributed by atoms with E-state index in [1.165, 1.54) is 5.56 Å². The highest BCUT2D eigenvalue weighted by atomic mass is 16.5. The average molecular weight is 459 g/mol. The lowest BCUT2D eigenvalue weighted by Crippen LogP contribution is -2.12. The Morgan fingerprint density at radius 2 is 1.47 bits per heavy atom. The molecule has 0 amide bonds. The average Bonchev–Trinajstić information content (AvgIpc) is 3.25. The Hall–Kier alpha value is -3.93. The summed E-state index contributed by atoms with van der Waals surface area (Å²) in [7, 11) is 3.11. The summed E-state index contributed by atoms with van der Waals surface area (Å²) in [5.74, 6) is 1.25. The van der Waals surface area contributed by atoms with Crippen molar-refractivity contribution in [3.8, 4) is 23.0 Å². The van der Waals surface area contributed by atoms with Gasteiger partial charge in [-0.05, 0) is 60.2 Å². The molecule has 0 spiro atoms. The number of nitrogens with zero attached hydrogens (tertiary/aromatic N) is 2. The molecular formula is C28H30N2O4. The highest BCUT2D eigenvalue weighted by molar-refractivity contribution is 5.88. The molecule has 176 valence electrons. The van der Waals surface area contributed by atoms with Gasteiger partial charge >= 0.3 is 0 Å². The van der Waals surface area contributed by atoms with E-state index in [0.717, 1.165) is 48.2 Å². The van der Waals surface area contributed by atoms with E-state index < -0.39 is 0 Å². The Kier molecular flexibility index (Phi) is 7.38. The highest BCUT2D eigenvalue weighted by Crippen LogP contribution is 2.30. The molecule has 3 aromatic rings. The van der Waals surface area contributed by atoms with Crippen LogP contribution in [0.25, 0.3) is 0 Å². The van der Waals surface area contributed by atoms with Crippen molar-refractivity contribution in [2.75, 3.05) is 14.2 Å². The predicted octanol–water partition coefficient (Wildman–Crippen LogP) is 5.44. The van der Waals surface area contributed by atoms with Crippen molar-refractivity contribution in [2.45, 2.75) is 32.2 Å². The lowest BCUT2D eigenvalue weighted by molar-refractivity contribution is 0.369. The first kappa shape index (κ1) is 23.2. The zero-order valence-electron chi connectivity index (χ0n) is 19.6. The van der Waals surface area contributed by atoms with Gasteiger partial charge < -0.3 is 19.7 Å². The quantitative estimate of drug-likeness (QED) is 0.447. The zero-order valence-corrected chi connectivity index (χ0v) is 19.6. The SMILES string of the molecule is COc1cc(CC=C2CC(CCc3ccc(O)c(OC)c3)=NN2Cc2ccccc2)ccc1O. The second-order valence-corrected chi connectivity index (χ2v) is 8.30. The van der Waals surface area contributed by atoms with Crippen LogP contribution in [0.2, 0.25) is 0 Å². The molecule has 0 aromatic heterocycles. The Bertz CT molecular complexity index is 1190. The van der Waals surface area contributed by atoms with Crippen molar-refractivity contribution < 1.29 is 19.7 Å². The third-order valence-electron chi connectivity index (χ3n) is 5.92. The summed E-state index contributed by atoms with van der Waals surface area (Å²) in [6, 6.07) is 21.2. The van der Waals surface area contributed by atoms with Gasteiger partial charge in [0, 0.05) is 17.8 Å². The number of phenolic OH excluding ortho intramolecular Hbond substituents is 2. The Labute approximate surface area is 200 Å². The maximum atomic E-state index is 9.87. The van der Waals surface area contributed by atoms with Crippen LogP contribution in [-0.2, 0) is 19.4 Å². The van der Waals surface area contributed by atoms with Gasteiger partial charge in [0.2, 0.25) is 0 Å². The van der Waals surface area contributed by atoms with Gasteiger partial charge in [-0.3, -0.25) is 5.01 Å². The maximum absolute atomic E-state index is 9.87. The largest absolute Gasteiger partial charge is 0.504 e. The van der Waals surface area contributed by atoms with Gasteiger partial charge in [0.25, 0.3) is 0 Å². The van der Waals surface area contributed by atoms with Crippen LogP contribution < -0.4 is 9.47 Å². The molecule has 3 aromatic carbocycles. The fourth-order valence-corrected chi connectivity index (χ4v) is 4.03. The number of hydrogen-bond donors (Lipinski definition) is 2. The maximum Gasteiger partial charge on any atom is 0.160 e. The smallest absolute Gasteiger partial charge is 0.160 e. The third-order valence-corrected chi connectivity index (χ3v) is 5.92. The van der Waals surface area contributed by atoms with Crippen molar-refractivity contribution in [3.05, 3.63) is 95.2 Å². The number of aromatic hydroxyl groups is 2.